The van der Waals surface area contributed by atoms with Gasteiger partial charge in [-0.3, -0.25) is 0 Å². The average molecular weight is 238 g/mol. The Morgan fingerprint density at radius 3 is 2.71 bits per heavy atom. The van der Waals surface area contributed by atoms with Crippen LogP contribution in [0.25, 0.3) is 23.1 Å². The SMILES string of the molecule is [B]c1ccc(S)c2c(/C=C\C=C)c(C=C)oc12. The van der Waals surface area contributed by atoms with E-state index in [1.165, 1.54) is 0 Å². The Bertz CT molecular complexity index is 623. The third kappa shape index (κ3) is 1.98. The minimum absolute atomic E-state index is 0.596. The lowest BCUT2D eigenvalue weighted by Crippen LogP contribution is -2.01. The molecule has 0 saturated carbocycles. The van der Waals surface area contributed by atoms with E-state index in [9.17, 15) is 0 Å². The maximum atomic E-state index is 5.88. The van der Waals surface area contributed by atoms with Crippen molar-refractivity contribution in [1.29, 1.82) is 0 Å². The minimum atomic E-state index is 0.596. The molecule has 0 N–H and O–H groups in total. The summed E-state index contributed by atoms with van der Waals surface area (Å²) in [6.45, 7) is 7.38. The number of fused-ring (bicyclic) bond motifs is 1. The van der Waals surface area contributed by atoms with Gasteiger partial charge in [0.25, 0.3) is 0 Å². The van der Waals surface area contributed by atoms with Gasteiger partial charge in [-0.2, -0.15) is 0 Å². The van der Waals surface area contributed by atoms with Crippen LogP contribution < -0.4 is 5.46 Å². The second-order valence-electron chi connectivity index (χ2n) is 3.56. The van der Waals surface area contributed by atoms with Crippen molar-refractivity contribution in [2.45, 2.75) is 4.90 Å². The second kappa shape index (κ2) is 4.72. The molecule has 0 aliphatic carbocycles. The van der Waals surface area contributed by atoms with Gasteiger partial charge in [-0.05, 0) is 12.1 Å². The first kappa shape index (κ1) is 11.9. The summed E-state index contributed by atoms with van der Waals surface area (Å²) < 4.78 is 5.68. The van der Waals surface area contributed by atoms with E-state index in [1.807, 2.05) is 18.2 Å². The summed E-state index contributed by atoms with van der Waals surface area (Å²) in [5, 5.41) is 0.904. The normalized spacial score (nSPS) is 11.1. The first-order valence-corrected chi connectivity index (χ1v) is 5.59. The third-order valence-electron chi connectivity index (χ3n) is 2.50. The summed E-state index contributed by atoms with van der Waals surface area (Å²) in [7, 11) is 5.88. The number of benzene rings is 1. The Balaban J connectivity index is 2.87. The second-order valence-corrected chi connectivity index (χ2v) is 4.04. The van der Waals surface area contributed by atoms with Gasteiger partial charge in [-0.15, -0.1) is 12.6 Å². The molecule has 0 aliphatic heterocycles. The predicted octanol–water partition coefficient (Wildman–Crippen LogP) is 3.36. The van der Waals surface area contributed by atoms with Crippen molar-refractivity contribution in [1.82, 2.24) is 0 Å². The quantitative estimate of drug-likeness (QED) is 0.491. The molecule has 0 spiro atoms. The van der Waals surface area contributed by atoms with Crippen LogP contribution in [0.15, 0.2) is 46.8 Å². The van der Waals surface area contributed by atoms with Crippen molar-refractivity contribution in [3.63, 3.8) is 0 Å². The number of hydrogen-bond acceptors (Lipinski definition) is 2. The summed E-state index contributed by atoms with van der Waals surface area (Å²) in [6, 6.07) is 3.64. The van der Waals surface area contributed by atoms with E-state index < -0.39 is 0 Å². The highest BCUT2D eigenvalue weighted by Crippen LogP contribution is 2.31. The number of rotatable bonds is 3. The fourth-order valence-electron chi connectivity index (χ4n) is 1.73. The zero-order valence-electron chi connectivity index (χ0n) is 9.31. The molecule has 17 heavy (non-hydrogen) atoms. The summed E-state index contributed by atoms with van der Waals surface area (Å²) >= 11 is 4.43. The largest absolute Gasteiger partial charge is 0.457 e. The molecule has 0 unspecified atom stereocenters. The van der Waals surface area contributed by atoms with Gasteiger partial charge in [0.15, 0.2) is 0 Å². The van der Waals surface area contributed by atoms with Gasteiger partial charge >= 0.3 is 0 Å². The lowest BCUT2D eigenvalue weighted by atomic mass is 9.93. The summed E-state index contributed by atoms with van der Waals surface area (Å²) in [6.07, 6.45) is 7.12. The highest BCUT2D eigenvalue weighted by atomic mass is 32.1. The van der Waals surface area contributed by atoms with Crippen molar-refractivity contribution >= 4 is 49.1 Å². The molecular formula is C14H11BOS. The summed E-state index contributed by atoms with van der Waals surface area (Å²) in [4.78, 5) is 0.828. The van der Waals surface area contributed by atoms with E-state index in [-0.39, 0.29) is 0 Å². The van der Waals surface area contributed by atoms with E-state index >= 15 is 0 Å². The van der Waals surface area contributed by atoms with E-state index in [0.29, 0.717) is 16.8 Å². The fraction of sp³-hybridized carbons (Fsp3) is 0. The molecule has 1 nitrogen and oxygen atoms in total. The highest BCUT2D eigenvalue weighted by Gasteiger charge is 2.13. The Morgan fingerprint density at radius 2 is 2.06 bits per heavy atom. The first-order chi connectivity index (χ1) is 8.19. The number of allylic oxidation sites excluding steroid dienone is 2. The average Bonchev–Trinajstić information content (AvgIpc) is 2.71. The molecule has 2 rings (SSSR count). The molecule has 1 aromatic heterocycles. The van der Waals surface area contributed by atoms with Crippen LogP contribution in [0.3, 0.4) is 0 Å². The van der Waals surface area contributed by atoms with Crippen LogP contribution >= 0.6 is 12.6 Å². The van der Waals surface area contributed by atoms with Crippen LogP contribution in [0.5, 0.6) is 0 Å². The van der Waals surface area contributed by atoms with Gasteiger partial charge in [0.1, 0.15) is 19.2 Å². The van der Waals surface area contributed by atoms with Crippen LogP contribution in [0.1, 0.15) is 11.3 Å². The molecule has 1 heterocycles. The molecule has 0 fully saturated rings. The van der Waals surface area contributed by atoms with Crippen molar-refractivity contribution < 1.29 is 4.42 Å². The zero-order valence-corrected chi connectivity index (χ0v) is 10.2. The zero-order chi connectivity index (χ0) is 12.4. The van der Waals surface area contributed by atoms with Crippen LogP contribution in [-0.2, 0) is 0 Å². The van der Waals surface area contributed by atoms with Gasteiger partial charge in [0, 0.05) is 15.8 Å². The van der Waals surface area contributed by atoms with Crippen LogP contribution in [0.4, 0.5) is 0 Å². The molecule has 2 radical (unpaired) electrons. The molecule has 0 amide bonds. The maximum absolute atomic E-state index is 5.88. The molecule has 0 atom stereocenters. The Kier molecular flexibility index (Phi) is 3.29. The number of furan rings is 1. The Hall–Kier alpha value is -1.61. The van der Waals surface area contributed by atoms with E-state index in [4.69, 9.17) is 12.3 Å². The molecule has 82 valence electrons. The highest BCUT2D eigenvalue weighted by molar-refractivity contribution is 7.80. The van der Waals surface area contributed by atoms with Gasteiger partial charge in [-0.25, -0.2) is 0 Å². The third-order valence-corrected chi connectivity index (χ3v) is 2.87. The van der Waals surface area contributed by atoms with Crippen LogP contribution in [0, 0.1) is 0 Å². The van der Waals surface area contributed by atoms with Crippen molar-refractivity contribution in [2.24, 2.45) is 0 Å². The summed E-state index contributed by atoms with van der Waals surface area (Å²) in [5.74, 6) is 0.686. The monoisotopic (exact) mass is 238 g/mol. The van der Waals surface area contributed by atoms with Gasteiger partial charge in [0.05, 0.1) is 0 Å². The molecule has 0 aliphatic rings. The van der Waals surface area contributed by atoms with Crippen molar-refractivity contribution in [3.05, 3.63) is 48.8 Å². The van der Waals surface area contributed by atoms with Gasteiger partial charge in [-0.1, -0.05) is 42.9 Å². The molecule has 0 bridgehead atoms. The summed E-state index contributed by atoms with van der Waals surface area (Å²) in [5.41, 5.74) is 2.17. The smallest absolute Gasteiger partial charge is 0.134 e. The van der Waals surface area contributed by atoms with E-state index in [1.54, 1.807) is 18.2 Å². The first-order valence-electron chi connectivity index (χ1n) is 5.14. The van der Waals surface area contributed by atoms with Crippen LogP contribution in [0.2, 0.25) is 0 Å². The van der Waals surface area contributed by atoms with Gasteiger partial charge in [0.2, 0.25) is 0 Å². The molecule has 2 aromatic rings. The lowest BCUT2D eigenvalue weighted by molar-refractivity contribution is 0.605. The Morgan fingerprint density at radius 1 is 1.29 bits per heavy atom. The van der Waals surface area contributed by atoms with E-state index in [2.05, 4.69) is 25.8 Å². The van der Waals surface area contributed by atoms with Crippen LogP contribution in [-0.4, -0.2) is 7.85 Å². The topological polar surface area (TPSA) is 13.1 Å². The number of thiol groups is 1. The van der Waals surface area contributed by atoms with Crippen molar-refractivity contribution in [2.75, 3.05) is 0 Å². The Labute approximate surface area is 107 Å². The lowest BCUT2D eigenvalue weighted by Gasteiger charge is -1.98. The maximum Gasteiger partial charge on any atom is 0.134 e. The standard InChI is InChI=1S/C14H11BOS/c1-3-5-6-9-11(4-2)16-14-10(15)7-8-12(17)13(9)14/h3-8,17H,1-2H2/b6-5-. The fourth-order valence-corrected chi connectivity index (χ4v) is 2.02. The number of hydrogen-bond donors (Lipinski definition) is 1. The molecule has 3 heteroatoms. The van der Waals surface area contributed by atoms with Crippen molar-refractivity contribution in [3.8, 4) is 0 Å². The molecular weight excluding hydrogens is 227 g/mol. The van der Waals surface area contributed by atoms with E-state index in [0.717, 1.165) is 15.8 Å². The molecule has 0 saturated heterocycles. The van der Waals surface area contributed by atoms with Gasteiger partial charge < -0.3 is 4.42 Å². The predicted molar refractivity (Wildman–Crippen MR) is 78.2 cm³/mol. The molecule has 1 aromatic carbocycles. The minimum Gasteiger partial charge on any atom is -0.457 e.